The maximum Gasteiger partial charge on any atom is 0.0748 e. The number of nitrogens with one attached hydrogen (secondary N) is 1. The molecule has 0 fully saturated rings. The summed E-state index contributed by atoms with van der Waals surface area (Å²) in [5.41, 5.74) is 7.16. The van der Waals surface area contributed by atoms with Gasteiger partial charge in [-0.05, 0) is 0 Å². The predicted octanol–water partition coefficient (Wildman–Crippen LogP) is 0.269. The number of hydrogen-bond donors (Lipinski definition) is 2. The van der Waals surface area contributed by atoms with Crippen LogP contribution in [0.15, 0.2) is 11.3 Å². The van der Waals surface area contributed by atoms with E-state index in [1.54, 1.807) is 0 Å². The van der Waals surface area contributed by atoms with Gasteiger partial charge in [0, 0.05) is 23.9 Å². The highest BCUT2D eigenvalue weighted by molar-refractivity contribution is 5.77. The van der Waals surface area contributed by atoms with E-state index in [1.165, 1.54) is 6.21 Å². The fourth-order valence-corrected chi connectivity index (χ4v) is 0.752. The molecule has 1 aliphatic heterocycles. The second kappa shape index (κ2) is 2.64. The molecular formula is C6H10N2O. The Morgan fingerprint density at radius 2 is 2.44 bits per heavy atom. The lowest BCUT2D eigenvalue weighted by molar-refractivity contribution is 0.150. The summed E-state index contributed by atoms with van der Waals surface area (Å²) in [4.78, 5) is 0. The van der Waals surface area contributed by atoms with Crippen molar-refractivity contribution in [1.29, 1.82) is 5.41 Å². The average Bonchev–Trinajstić information content (AvgIpc) is 1.89. The van der Waals surface area contributed by atoms with Crippen LogP contribution in [0.5, 0.6) is 0 Å². The summed E-state index contributed by atoms with van der Waals surface area (Å²) in [6.07, 6.45) is 2.03. The lowest BCUT2D eigenvalue weighted by atomic mass is 10.1. The number of hydrogen-bond acceptors (Lipinski definition) is 3. The first-order valence-corrected chi connectivity index (χ1v) is 2.90. The molecule has 0 spiro atoms. The van der Waals surface area contributed by atoms with Gasteiger partial charge in [-0.25, -0.2) is 0 Å². The SMILES string of the molecule is N=CC1=C(N)CCOC1. The van der Waals surface area contributed by atoms with Crippen molar-refractivity contribution in [3.8, 4) is 0 Å². The molecule has 1 aliphatic rings. The van der Waals surface area contributed by atoms with Gasteiger partial charge in [-0.3, -0.25) is 0 Å². The van der Waals surface area contributed by atoms with Gasteiger partial charge >= 0.3 is 0 Å². The number of rotatable bonds is 1. The van der Waals surface area contributed by atoms with Gasteiger partial charge in [0.2, 0.25) is 0 Å². The molecule has 50 valence electrons. The monoisotopic (exact) mass is 126 g/mol. The fourth-order valence-electron chi connectivity index (χ4n) is 0.752. The summed E-state index contributed by atoms with van der Waals surface area (Å²) in [5.74, 6) is 0. The van der Waals surface area contributed by atoms with E-state index in [9.17, 15) is 0 Å². The van der Waals surface area contributed by atoms with Crippen LogP contribution in [0.3, 0.4) is 0 Å². The molecule has 3 nitrogen and oxygen atoms in total. The fraction of sp³-hybridized carbons (Fsp3) is 0.500. The molecule has 0 aromatic heterocycles. The predicted molar refractivity (Wildman–Crippen MR) is 35.4 cm³/mol. The van der Waals surface area contributed by atoms with Gasteiger partial charge in [-0.1, -0.05) is 0 Å². The largest absolute Gasteiger partial charge is 0.402 e. The molecule has 0 saturated heterocycles. The second-order valence-corrected chi connectivity index (χ2v) is 2.00. The summed E-state index contributed by atoms with van der Waals surface area (Å²) >= 11 is 0. The quantitative estimate of drug-likeness (QED) is 0.495. The molecule has 0 aromatic rings. The number of ether oxygens (including phenoxy) is 1. The van der Waals surface area contributed by atoms with E-state index < -0.39 is 0 Å². The Labute approximate surface area is 54.0 Å². The molecule has 3 N–H and O–H groups in total. The zero-order chi connectivity index (χ0) is 6.69. The normalized spacial score (nSPS) is 20.0. The molecule has 0 amide bonds. The molecule has 0 unspecified atom stereocenters. The summed E-state index contributed by atoms with van der Waals surface area (Å²) in [7, 11) is 0. The van der Waals surface area contributed by atoms with Crippen LogP contribution in [0.2, 0.25) is 0 Å². The maximum absolute atomic E-state index is 6.88. The van der Waals surface area contributed by atoms with Gasteiger partial charge in [0.1, 0.15) is 0 Å². The van der Waals surface area contributed by atoms with Crippen molar-refractivity contribution in [2.24, 2.45) is 5.73 Å². The Balaban J connectivity index is 2.70. The van der Waals surface area contributed by atoms with Crippen LogP contribution >= 0.6 is 0 Å². The molecular weight excluding hydrogens is 116 g/mol. The van der Waals surface area contributed by atoms with Crippen LogP contribution in [-0.4, -0.2) is 19.4 Å². The summed E-state index contributed by atoms with van der Waals surface area (Å²) in [6, 6.07) is 0. The minimum Gasteiger partial charge on any atom is -0.402 e. The molecule has 1 heterocycles. The molecule has 0 saturated carbocycles. The first-order chi connectivity index (χ1) is 4.34. The number of nitrogens with two attached hydrogens (primary N) is 1. The second-order valence-electron chi connectivity index (χ2n) is 2.00. The summed E-state index contributed by atoms with van der Waals surface area (Å²) in [5, 5.41) is 6.88. The smallest absolute Gasteiger partial charge is 0.0748 e. The molecule has 1 rings (SSSR count). The third kappa shape index (κ3) is 1.29. The Morgan fingerprint density at radius 3 is 2.89 bits per heavy atom. The van der Waals surface area contributed by atoms with Gasteiger partial charge < -0.3 is 15.9 Å². The molecule has 0 aromatic carbocycles. The topological polar surface area (TPSA) is 59.1 Å². The van der Waals surface area contributed by atoms with Crippen molar-refractivity contribution in [1.82, 2.24) is 0 Å². The van der Waals surface area contributed by atoms with Crippen molar-refractivity contribution in [2.45, 2.75) is 6.42 Å². The minimum atomic E-state index is 0.509. The van der Waals surface area contributed by atoms with Crippen molar-refractivity contribution < 1.29 is 4.74 Å². The summed E-state index contributed by atoms with van der Waals surface area (Å²) < 4.78 is 5.05. The van der Waals surface area contributed by atoms with Crippen LogP contribution in [0, 0.1) is 5.41 Å². The van der Waals surface area contributed by atoms with Crippen molar-refractivity contribution >= 4 is 6.21 Å². The minimum absolute atomic E-state index is 0.509. The van der Waals surface area contributed by atoms with Crippen molar-refractivity contribution in [3.63, 3.8) is 0 Å². The highest BCUT2D eigenvalue weighted by Gasteiger charge is 2.06. The zero-order valence-corrected chi connectivity index (χ0v) is 5.18. The van der Waals surface area contributed by atoms with Crippen LogP contribution in [0.1, 0.15) is 6.42 Å². The van der Waals surface area contributed by atoms with Crippen molar-refractivity contribution in [3.05, 3.63) is 11.3 Å². The Hall–Kier alpha value is -0.830. The highest BCUT2D eigenvalue weighted by atomic mass is 16.5. The van der Waals surface area contributed by atoms with Crippen LogP contribution in [0.25, 0.3) is 0 Å². The molecule has 3 heteroatoms. The average molecular weight is 126 g/mol. The van der Waals surface area contributed by atoms with Gasteiger partial charge in [-0.15, -0.1) is 0 Å². The summed E-state index contributed by atoms with van der Waals surface area (Å²) in [6.45, 7) is 1.21. The van der Waals surface area contributed by atoms with E-state index in [1.807, 2.05) is 0 Å². The zero-order valence-electron chi connectivity index (χ0n) is 5.18. The van der Waals surface area contributed by atoms with Crippen LogP contribution in [-0.2, 0) is 4.74 Å². The van der Waals surface area contributed by atoms with E-state index in [-0.39, 0.29) is 0 Å². The molecule has 9 heavy (non-hydrogen) atoms. The maximum atomic E-state index is 6.88. The third-order valence-corrected chi connectivity index (χ3v) is 1.36. The lowest BCUT2D eigenvalue weighted by Crippen LogP contribution is -2.16. The highest BCUT2D eigenvalue weighted by Crippen LogP contribution is 2.07. The van der Waals surface area contributed by atoms with Crippen molar-refractivity contribution in [2.75, 3.05) is 13.2 Å². The first kappa shape index (κ1) is 6.29. The van der Waals surface area contributed by atoms with Crippen LogP contribution < -0.4 is 5.73 Å². The van der Waals surface area contributed by atoms with Crippen LogP contribution in [0.4, 0.5) is 0 Å². The molecule has 0 bridgehead atoms. The first-order valence-electron chi connectivity index (χ1n) is 2.90. The van der Waals surface area contributed by atoms with Gasteiger partial charge in [0.05, 0.1) is 13.2 Å². The van der Waals surface area contributed by atoms with Gasteiger partial charge in [-0.2, -0.15) is 0 Å². The Morgan fingerprint density at radius 1 is 1.67 bits per heavy atom. The van der Waals surface area contributed by atoms with E-state index in [0.717, 1.165) is 17.7 Å². The lowest BCUT2D eigenvalue weighted by Gasteiger charge is -2.13. The van der Waals surface area contributed by atoms with Gasteiger partial charge in [0.15, 0.2) is 0 Å². The molecule has 0 aliphatic carbocycles. The standard InChI is InChI=1S/C6H10N2O/c7-3-5-4-9-2-1-6(5)8/h3,7H,1-2,4,8H2. The van der Waals surface area contributed by atoms with E-state index >= 15 is 0 Å². The molecule has 0 atom stereocenters. The van der Waals surface area contributed by atoms with E-state index in [2.05, 4.69) is 0 Å². The van der Waals surface area contributed by atoms with E-state index in [0.29, 0.717) is 13.2 Å². The third-order valence-electron chi connectivity index (χ3n) is 1.36. The molecule has 0 radical (unpaired) electrons. The Bertz CT molecular complexity index is 151. The Kier molecular flexibility index (Phi) is 1.85. The van der Waals surface area contributed by atoms with Gasteiger partial charge in [0.25, 0.3) is 0 Å². The van der Waals surface area contributed by atoms with E-state index in [4.69, 9.17) is 15.9 Å².